The van der Waals surface area contributed by atoms with Gasteiger partial charge < -0.3 is 34.8 Å². The van der Waals surface area contributed by atoms with Crippen molar-refractivity contribution in [1.29, 1.82) is 0 Å². The minimum absolute atomic E-state index is 0.0409. The molecule has 8 heteroatoms. The Hall–Kier alpha value is -1.06. The molecule has 3 N–H and O–H groups in total. The Balaban J connectivity index is 3.05. The topological polar surface area (TPSA) is 109 Å². The minimum atomic E-state index is -0.201. The van der Waals surface area contributed by atoms with Gasteiger partial charge in [0.05, 0.1) is 59.4 Å². The number of hydrogen-bond acceptors (Lipinski definition) is 7. The van der Waals surface area contributed by atoms with Crippen molar-refractivity contribution in [1.82, 2.24) is 5.32 Å². The Morgan fingerprint density at radius 2 is 1.33 bits per heavy atom. The van der Waals surface area contributed by atoms with Crippen LogP contribution in [0, 0.1) is 0 Å². The molecule has 0 rings (SSSR count). The number of aldehydes is 1. The van der Waals surface area contributed by atoms with Gasteiger partial charge in [0.2, 0.25) is 5.91 Å². The van der Waals surface area contributed by atoms with Crippen LogP contribution in [0.4, 0.5) is 0 Å². The quantitative estimate of drug-likeness (QED) is 0.270. The van der Waals surface area contributed by atoms with Crippen molar-refractivity contribution in [3.05, 3.63) is 0 Å². The number of hydrogen-bond donors (Lipinski definition) is 2. The van der Waals surface area contributed by atoms with Crippen LogP contribution in [-0.4, -0.2) is 78.1 Å². The van der Waals surface area contributed by atoms with E-state index < -0.39 is 0 Å². The van der Waals surface area contributed by atoms with Gasteiger partial charge in [0.25, 0.3) is 0 Å². The molecule has 0 atom stereocenters. The van der Waals surface area contributed by atoms with Crippen LogP contribution in [0.25, 0.3) is 0 Å². The highest BCUT2D eigenvalue weighted by molar-refractivity contribution is 5.78. The summed E-state index contributed by atoms with van der Waals surface area (Å²) in [6.07, 6.45) is 0.874. The highest BCUT2D eigenvalue weighted by atomic mass is 16.6. The third kappa shape index (κ3) is 16.9. The zero-order valence-electron chi connectivity index (χ0n) is 12.4. The van der Waals surface area contributed by atoms with Crippen molar-refractivity contribution in [3.63, 3.8) is 0 Å². The van der Waals surface area contributed by atoms with Gasteiger partial charge in [0.15, 0.2) is 0 Å². The molecule has 0 aromatic rings. The Labute approximate surface area is 125 Å². The summed E-state index contributed by atoms with van der Waals surface area (Å²) in [7, 11) is 0. The number of carbonyl (C=O) groups excluding carboxylic acids is 2. The van der Waals surface area contributed by atoms with Gasteiger partial charge in [-0.25, -0.2) is 0 Å². The summed E-state index contributed by atoms with van der Waals surface area (Å²) in [6.45, 7) is 4.32. The molecule has 0 aliphatic carbocycles. The van der Waals surface area contributed by atoms with Crippen LogP contribution in [-0.2, 0) is 28.5 Å². The Morgan fingerprint density at radius 1 is 0.857 bits per heavy atom. The molecule has 0 heterocycles. The van der Waals surface area contributed by atoms with Crippen molar-refractivity contribution < 1.29 is 28.5 Å². The van der Waals surface area contributed by atoms with Crippen LogP contribution in [0.5, 0.6) is 0 Å². The summed E-state index contributed by atoms with van der Waals surface area (Å²) in [5.74, 6) is -0.201. The molecule has 0 saturated heterocycles. The Bertz CT molecular complexity index is 253. The largest absolute Gasteiger partial charge is 0.379 e. The molecular formula is C13H26N2O6. The molecule has 0 aliphatic rings. The molecule has 0 bridgehead atoms. The molecule has 0 aromatic heterocycles. The van der Waals surface area contributed by atoms with E-state index in [4.69, 9.17) is 24.7 Å². The highest BCUT2D eigenvalue weighted by Crippen LogP contribution is 1.85. The van der Waals surface area contributed by atoms with Gasteiger partial charge in [0.1, 0.15) is 6.29 Å². The second-order valence-electron chi connectivity index (χ2n) is 3.96. The minimum Gasteiger partial charge on any atom is -0.379 e. The van der Waals surface area contributed by atoms with E-state index in [1.165, 1.54) is 0 Å². The van der Waals surface area contributed by atoms with E-state index >= 15 is 0 Å². The smallest absolute Gasteiger partial charge is 0.222 e. The van der Waals surface area contributed by atoms with Crippen LogP contribution in [0.1, 0.15) is 6.42 Å². The second kappa shape index (κ2) is 17.0. The fourth-order valence-corrected chi connectivity index (χ4v) is 1.25. The van der Waals surface area contributed by atoms with Crippen LogP contribution in [0.3, 0.4) is 0 Å². The highest BCUT2D eigenvalue weighted by Gasteiger charge is 1.99. The van der Waals surface area contributed by atoms with Gasteiger partial charge in [-0.05, 0) is 0 Å². The predicted octanol–water partition coefficient (Wildman–Crippen LogP) is -1.28. The van der Waals surface area contributed by atoms with Gasteiger partial charge in [-0.2, -0.15) is 0 Å². The van der Waals surface area contributed by atoms with Crippen LogP contribution in [0.2, 0.25) is 0 Å². The predicted molar refractivity (Wildman–Crippen MR) is 76.0 cm³/mol. The number of ether oxygens (including phenoxy) is 4. The Kier molecular flexibility index (Phi) is 16.1. The summed E-state index contributed by atoms with van der Waals surface area (Å²) >= 11 is 0. The fourth-order valence-electron chi connectivity index (χ4n) is 1.25. The molecule has 0 unspecified atom stereocenters. The first-order chi connectivity index (χ1) is 10.3. The van der Waals surface area contributed by atoms with Crippen molar-refractivity contribution in [2.24, 2.45) is 5.73 Å². The number of rotatable bonds is 16. The number of amides is 1. The summed E-state index contributed by atoms with van der Waals surface area (Å²) in [6, 6.07) is 0. The molecule has 0 radical (unpaired) electrons. The fraction of sp³-hybridized carbons (Fsp3) is 0.846. The van der Waals surface area contributed by atoms with Gasteiger partial charge in [-0.3, -0.25) is 4.79 Å². The van der Waals surface area contributed by atoms with E-state index in [0.29, 0.717) is 65.7 Å². The zero-order valence-corrected chi connectivity index (χ0v) is 12.4. The summed E-state index contributed by atoms with van der Waals surface area (Å²) in [5.41, 5.74) is 5.26. The zero-order chi connectivity index (χ0) is 15.6. The number of nitrogens with one attached hydrogen (secondary N) is 1. The van der Waals surface area contributed by atoms with Crippen molar-refractivity contribution >= 4 is 12.2 Å². The van der Waals surface area contributed by atoms with Crippen LogP contribution in [0.15, 0.2) is 0 Å². The van der Waals surface area contributed by atoms with E-state index in [1.54, 1.807) is 0 Å². The van der Waals surface area contributed by atoms with Crippen molar-refractivity contribution in [2.45, 2.75) is 6.42 Å². The van der Waals surface area contributed by atoms with Gasteiger partial charge in [-0.1, -0.05) is 0 Å². The standard InChI is InChI=1S/C13H26N2O6/c14-2-6-19-8-10-21-12-11-20-9-7-18-5-1-13(17)15-3-4-16/h4H,1-3,5-12,14H2,(H,15,17). The molecule has 0 aromatic carbocycles. The molecule has 124 valence electrons. The van der Waals surface area contributed by atoms with Crippen molar-refractivity contribution in [3.8, 4) is 0 Å². The van der Waals surface area contributed by atoms with Gasteiger partial charge >= 0.3 is 0 Å². The molecule has 1 amide bonds. The first kappa shape index (κ1) is 19.9. The molecular weight excluding hydrogens is 280 g/mol. The van der Waals surface area contributed by atoms with Crippen LogP contribution >= 0.6 is 0 Å². The van der Waals surface area contributed by atoms with E-state index in [-0.39, 0.29) is 18.9 Å². The average Bonchev–Trinajstić information content (AvgIpc) is 2.49. The third-order valence-electron chi connectivity index (χ3n) is 2.23. The molecule has 0 spiro atoms. The molecule has 8 nitrogen and oxygen atoms in total. The van der Waals surface area contributed by atoms with E-state index in [2.05, 4.69) is 5.32 Å². The first-order valence-corrected chi connectivity index (χ1v) is 7.02. The lowest BCUT2D eigenvalue weighted by Crippen LogP contribution is -2.26. The molecule has 0 fully saturated rings. The lowest BCUT2D eigenvalue weighted by atomic mass is 10.4. The average molecular weight is 306 g/mol. The van der Waals surface area contributed by atoms with E-state index in [9.17, 15) is 9.59 Å². The summed E-state index contributed by atoms with van der Waals surface area (Å²) in [4.78, 5) is 21.1. The lowest BCUT2D eigenvalue weighted by molar-refractivity contribution is -0.123. The number of carbonyl (C=O) groups is 2. The van der Waals surface area contributed by atoms with E-state index in [0.717, 1.165) is 0 Å². The SMILES string of the molecule is NCCOCCOCCOCCOCCC(=O)NCC=O. The maximum Gasteiger partial charge on any atom is 0.222 e. The Morgan fingerprint density at radius 3 is 1.81 bits per heavy atom. The van der Waals surface area contributed by atoms with E-state index in [1.807, 2.05) is 0 Å². The molecule has 0 saturated carbocycles. The van der Waals surface area contributed by atoms with Gasteiger partial charge in [-0.15, -0.1) is 0 Å². The summed E-state index contributed by atoms with van der Waals surface area (Å²) in [5, 5.41) is 2.42. The number of nitrogens with two attached hydrogens (primary N) is 1. The maximum atomic E-state index is 11.1. The third-order valence-corrected chi connectivity index (χ3v) is 2.23. The van der Waals surface area contributed by atoms with Crippen molar-refractivity contribution in [2.75, 3.05) is 65.9 Å². The monoisotopic (exact) mass is 306 g/mol. The lowest BCUT2D eigenvalue weighted by Gasteiger charge is -2.07. The maximum absolute atomic E-state index is 11.1. The molecule has 0 aliphatic heterocycles. The van der Waals surface area contributed by atoms with Crippen LogP contribution < -0.4 is 11.1 Å². The molecule has 21 heavy (non-hydrogen) atoms. The van der Waals surface area contributed by atoms with Gasteiger partial charge in [0, 0.05) is 13.0 Å². The normalized spacial score (nSPS) is 10.5. The first-order valence-electron chi connectivity index (χ1n) is 7.02. The summed E-state index contributed by atoms with van der Waals surface area (Å²) < 4.78 is 20.9. The second-order valence-corrected chi connectivity index (χ2v) is 3.96.